The standard InChI is InChI=1S/C15H27NO/c1-4-6-7-8-11-15(3,5-2)14(17)16-12-9-10-13-16/h9-10H,4-8,11-13H2,1-3H3. The van der Waals surface area contributed by atoms with Gasteiger partial charge < -0.3 is 4.90 Å². The molecule has 1 aliphatic heterocycles. The Kier molecular flexibility index (Phi) is 5.73. The first-order valence-corrected chi connectivity index (χ1v) is 7.08. The van der Waals surface area contributed by atoms with E-state index < -0.39 is 0 Å². The molecule has 0 saturated heterocycles. The molecule has 0 aliphatic carbocycles. The normalized spacial score (nSPS) is 18.4. The van der Waals surface area contributed by atoms with E-state index in [0.717, 1.165) is 25.9 Å². The summed E-state index contributed by atoms with van der Waals surface area (Å²) in [6, 6.07) is 0. The number of carbonyl (C=O) groups excluding carboxylic acids is 1. The SMILES string of the molecule is CCCCCCC(C)(CC)C(=O)N1CC=CC1. The molecule has 0 aromatic heterocycles. The number of unbranched alkanes of at least 4 members (excludes halogenated alkanes) is 3. The lowest BCUT2D eigenvalue weighted by Gasteiger charge is -2.31. The third-order valence-electron chi connectivity index (χ3n) is 3.98. The third-order valence-corrected chi connectivity index (χ3v) is 3.98. The minimum atomic E-state index is -0.139. The molecule has 0 fully saturated rings. The Labute approximate surface area is 106 Å². The van der Waals surface area contributed by atoms with Gasteiger partial charge in [0.05, 0.1) is 0 Å². The summed E-state index contributed by atoms with van der Waals surface area (Å²) in [5, 5.41) is 0. The van der Waals surface area contributed by atoms with Crippen LogP contribution in [-0.4, -0.2) is 23.9 Å². The first-order chi connectivity index (χ1) is 8.14. The molecule has 1 unspecified atom stereocenters. The molecular weight excluding hydrogens is 210 g/mol. The number of hydrogen-bond donors (Lipinski definition) is 0. The molecule has 0 N–H and O–H groups in total. The van der Waals surface area contributed by atoms with Gasteiger partial charge >= 0.3 is 0 Å². The van der Waals surface area contributed by atoms with Crippen LogP contribution in [-0.2, 0) is 4.79 Å². The summed E-state index contributed by atoms with van der Waals surface area (Å²) in [6.07, 6.45) is 11.2. The molecule has 98 valence electrons. The Morgan fingerprint density at radius 3 is 2.35 bits per heavy atom. The molecule has 17 heavy (non-hydrogen) atoms. The molecule has 1 heterocycles. The largest absolute Gasteiger partial charge is 0.335 e. The molecule has 0 spiro atoms. The van der Waals surface area contributed by atoms with Crippen molar-refractivity contribution in [1.29, 1.82) is 0 Å². The second-order valence-electron chi connectivity index (χ2n) is 5.41. The Bertz CT molecular complexity index is 264. The number of carbonyl (C=O) groups is 1. The highest BCUT2D eigenvalue weighted by Crippen LogP contribution is 2.31. The summed E-state index contributed by atoms with van der Waals surface area (Å²) in [5.74, 6) is 0.349. The Morgan fingerprint density at radius 2 is 1.82 bits per heavy atom. The van der Waals surface area contributed by atoms with Crippen LogP contribution in [0.3, 0.4) is 0 Å². The van der Waals surface area contributed by atoms with E-state index in [0.29, 0.717) is 5.91 Å². The van der Waals surface area contributed by atoms with E-state index in [-0.39, 0.29) is 5.41 Å². The van der Waals surface area contributed by atoms with Crippen molar-refractivity contribution in [2.75, 3.05) is 13.1 Å². The Hall–Kier alpha value is -0.790. The minimum absolute atomic E-state index is 0.139. The summed E-state index contributed by atoms with van der Waals surface area (Å²) in [5.41, 5.74) is -0.139. The van der Waals surface area contributed by atoms with Crippen LogP contribution in [0.2, 0.25) is 0 Å². The van der Waals surface area contributed by atoms with Crippen LogP contribution >= 0.6 is 0 Å². The van der Waals surface area contributed by atoms with Crippen molar-refractivity contribution in [2.45, 2.75) is 59.3 Å². The summed E-state index contributed by atoms with van der Waals surface area (Å²) in [7, 11) is 0. The van der Waals surface area contributed by atoms with Gasteiger partial charge in [-0.25, -0.2) is 0 Å². The van der Waals surface area contributed by atoms with Gasteiger partial charge in [0.15, 0.2) is 0 Å². The highest BCUT2D eigenvalue weighted by Gasteiger charge is 2.34. The minimum Gasteiger partial charge on any atom is -0.335 e. The van der Waals surface area contributed by atoms with Crippen molar-refractivity contribution in [3.05, 3.63) is 12.2 Å². The molecular formula is C15H27NO. The number of nitrogens with zero attached hydrogens (tertiary/aromatic N) is 1. The molecule has 1 amide bonds. The molecule has 0 aromatic rings. The maximum Gasteiger partial charge on any atom is 0.229 e. The summed E-state index contributed by atoms with van der Waals surface area (Å²) >= 11 is 0. The van der Waals surface area contributed by atoms with Crippen LogP contribution in [0.4, 0.5) is 0 Å². The predicted octanol–water partition coefficient (Wildman–Crippen LogP) is 3.77. The summed E-state index contributed by atoms with van der Waals surface area (Å²) in [6.45, 7) is 8.12. The lowest BCUT2D eigenvalue weighted by molar-refractivity contribution is -0.140. The molecule has 2 nitrogen and oxygen atoms in total. The summed E-state index contributed by atoms with van der Waals surface area (Å²) in [4.78, 5) is 14.4. The lowest BCUT2D eigenvalue weighted by Crippen LogP contribution is -2.40. The zero-order valence-electron chi connectivity index (χ0n) is 11.7. The Balaban J connectivity index is 2.45. The van der Waals surface area contributed by atoms with Gasteiger partial charge in [0, 0.05) is 18.5 Å². The van der Waals surface area contributed by atoms with Crippen LogP contribution in [0, 0.1) is 5.41 Å². The fourth-order valence-electron chi connectivity index (χ4n) is 2.40. The smallest absolute Gasteiger partial charge is 0.229 e. The van der Waals surface area contributed by atoms with E-state index in [1.54, 1.807) is 0 Å². The van der Waals surface area contributed by atoms with E-state index in [2.05, 4.69) is 32.9 Å². The highest BCUT2D eigenvalue weighted by molar-refractivity contribution is 5.82. The lowest BCUT2D eigenvalue weighted by atomic mass is 9.80. The molecule has 1 atom stereocenters. The van der Waals surface area contributed by atoms with Crippen molar-refractivity contribution in [2.24, 2.45) is 5.41 Å². The second kappa shape index (κ2) is 6.83. The molecule has 0 radical (unpaired) electrons. The maximum atomic E-state index is 12.4. The van der Waals surface area contributed by atoms with Crippen LogP contribution in [0.5, 0.6) is 0 Å². The van der Waals surface area contributed by atoms with E-state index in [4.69, 9.17) is 0 Å². The molecule has 1 rings (SSSR count). The van der Waals surface area contributed by atoms with Crippen LogP contribution in [0.15, 0.2) is 12.2 Å². The third kappa shape index (κ3) is 3.86. The van der Waals surface area contributed by atoms with Gasteiger partial charge in [-0.3, -0.25) is 4.79 Å². The van der Waals surface area contributed by atoms with E-state index in [9.17, 15) is 4.79 Å². The van der Waals surface area contributed by atoms with Crippen LogP contribution < -0.4 is 0 Å². The number of rotatable bonds is 7. The fraction of sp³-hybridized carbons (Fsp3) is 0.800. The van der Waals surface area contributed by atoms with Gasteiger partial charge in [-0.2, -0.15) is 0 Å². The molecule has 1 aliphatic rings. The number of amides is 1. The zero-order chi connectivity index (χ0) is 12.7. The van der Waals surface area contributed by atoms with Gasteiger partial charge in [-0.1, -0.05) is 58.6 Å². The molecule has 0 saturated carbocycles. The van der Waals surface area contributed by atoms with Gasteiger partial charge in [0.25, 0.3) is 0 Å². The van der Waals surface area contributed by atoms with Crippen LogP contribution in [0.1, 0.15) is 59.3 Å². The average molecular weight is 237 g/mol. The van der Waals surface area contributed by atoms with Crippen molar-refractivity contribution >= 4 is 5.91 Å². The Morgan fingerprint density at radius 1 is 1.18 bits per heavy atom. The molecule has 0 bridgehead atoms. The topological polar surface area (TPSA) is 20.3 Å². The van der Waals surface area contributed by atoms with E-state index in [1.807, 2.05) is 4.90 Å². The van der Waals surface area contributed by atoms with Gasteiger partial charge in [-0.05, 0) is 12.8 Å². The molecule has 0 aromatic carbocycles. The monoisotopic (exact) mass is 237 g/mol. The maximum absolute atomic E-state index is 12.4. The van der Waals surface area contributed by atoms with Crippen molar-refractivity contribution in [1.82, 2.24) is 4.90 Å². The second-order valence-corrected chi connectivity index (χ2v) is 5.41. The van der Waals surface area contributed by atoms with Gasteiger partial charge in [0.1, 0.15) is 0 Å². The fourth-order valence-corrected chi connectivity index (χ4v) is 2.40. The van der Waals surface area contributed by atoms with Crippen LogP contribution in [0.25, 0.3) is 0 Å². The van der Waals surface area contributed by atoms with Gasteiger partial charge in [-0.15, -0.1) is 0 Å². The number of hydrogen-bond acceptors (Lipinski definition) is 1. The van der Waals surface area contributed by atoms with Gasteiger partial charge in [0.2, 0.25) is 5.91 Å². The van der Waals surface area contributed by atoms with Crippen molar-refractivity contribution in [3.63, 3.8) is 0 Å². The predicted molar refractivity (Wildman–Crippen MR) is 72.9 cm³/mol. The summed E-state index contributed by atoms with van der Waals surface area (Å²) < 4.78 is 0. The zero-order valence-corrected chi connectivity index (χ0v) is 11.7. The highest BCUT2D eigenvalue weighted by atomic mass is 16.2. The van der Waals surface area contributed by atoms with Crippen molar-refractivity contribution in [3.8, 4) is 0 Å². The first-order valence-electron chi connectivity index (χ1n) is 7.08. The quantitative estimate of drug-likeness (QED) is 0.487. The van der Waals surface area contributed by atoms with E-state index >= 15 is 0 Å². The first kappa shape index (κ1) is 14.3. The average Bonchev–Trinajstić information content (AvgIpc) is 2.87. The molecule has 2 heteroatoms. The van der Waals surface area contributed by atoms with E-state index in [1.165, 1.54) is 25.7 Å². The van der Waals surface area contributed by atoms with Crippen molar-refractivity contribution < 1.29 is 4.79 Å².